The second-order valence-corrected chi connectivity index (χ2v) is 5.36. The molecule has 0 aliphatic rings. The zero-order valence-electron chi connectivity index (χ0n) is 10.9. The van der Waals surface area contributed by atoms with Crippen LogP contribution in [-0.4, -0.2) is 10.1 Å². The lowest BCUT2D eigenvalue weighted by Gasteiger charge is -2.00. The minimum Gasteiger partial charge on any atom is -0.398 e. The molecular formula is C15H11Cl2N3O. The zero-order chi connectivity index (χ0) is 14.8. The van der Waals surface area contributed by atoms with E-state index in [-0.39, 0.29) is 0 Å². The Hall–Kier alpha value is -2.04. The predicted octanol–water partition coefficient (Wildman–Crippen LogP) is 4.22. The highest BCUT2D eigenvalue weighted by Crippen LogP contribution is 2.28. The normalized spacial score (nSPS) is 10.8. The molecule has 4 nitrogen and oxygen atoms in total. The molecule has 6 heteroatoms. The van der Waals surface area contributed by atoms with Crippen LogP contribution in [0.25, 0.3) is 11.5 Å². The van der Waals surface area contributed by atoms with Crippen LogP contribution in [0.5, 0.6) is 0 Å². The van der Waals surface area contributed by atoms with Gasteiger partial charge in [0.15, 0.2) is 5.82 Å². The topological polar surface area (TPSA) is 64.9 Å². The number of aromatic nitrogens is 2. The maximum atomic E-state index is 6.12. The molecule has 0 saturated carbocycles. The van der Waals surface area contributed by atoms with Crippen LogP contribution < -0.4 is 5.73 Å². The molecule has 1 aromatic heterocycles. The predicted molar refractivity (Wildman–Crippen MR) is 83.4 cm³/mol. The lowest BCUT2D eigenvalue weighted by Crippen LogP contribution is -1.93. The van der Waals surface area contributed by atoms with E-state index >= 15 is 0 Å². The number of rotatable bonds is 3. The van der Waals surface area contributed by atoms with Gasteiger partial charge in [-0.2, -0.15) is 4.98 Å². The average Bonchev–Trinajstić information content (AvgIpc) is 2.92. The van der Waals surface area contributed by atoms with E-state index in [1.807, 2.05) is 24.3 Å². The summed E-state index contributed by atoms with van der Waals surface area (Å²) in [4.78, 5) is 4.34. The summed E-state index contributed by atoms with van der Waals surface area (Å²) in [7, 11) is 0. The van der Waals surface area contributed by atoms with Gasteiger partial charge in [0.2, 0.25) is 0 Å². The van der Waals surface area contributed by atoms with E-state index in [1.165, 1.54) is 0 Å². The molecular weight excluding hydrogens is 309 g/mol. The van der Waals surface area contributed by atoms with Crippen molar-refractivity contribution >= 4 is 28.9 Å². The minimum atomic E-state index is 0.344. The minimum absolute atomic E-state index is 0.344. The quantitative estimate of drug-likeness (QED) is 0.734. The van der Waals surface area contributed by atoms with Crippen LogP contribution in [0.1, 0.15) is 11.4 Å². The first-order valence-corrected chi connectivity index (χ1v) is 7.00. The summed E-state index contributed by atoms with van der Waals surface area (Å²) in [5.74, 6) is 0.884. The molecule has 2 N–H and O–H groups in total. The Kier molecular flexibility index (Phi) is 3.82. The number of nitrogens with two attached hydrogens (primary N) is 1. The number of halogens is 2. The van der Waals surface area contributed by atoms with Crippen LogP contribution in [0, 0.1) is 0 Å². The third-order valence-corrected chi connectivity index (χ3v) is 3.62. The molecule has 0 bridgehead atoms. The zero-order valence-corrected chi connectivity index (χ0v) is 12.4. The number of nitrogens with zero attached hydrogens (tertiary/aromatic N) is 2. The van der Waals surface area contributed by atoms with Crippen molar-refractivity contribution in [2.75, 3.05) is 5.73 Å². The first kappa shape index (κ1) is 13.9. The van der Waals surface area contributed by atoms with Crippen molar-refractivity contribution in [1.29, 1.82) is 0 Å². The highest BCUT2D eigenvalue weighted by molar-refractivity contribution is 6.31. The van der Waals surface area contributed by atoms with Crippen molar-refractivity contribution in [2.45, 2.75) is 6.42 Å². The summed E-state index contributed by atoms with van der Waals surface area (Å²) in [5, 5.41) is 5.19. The van der Waals surface area contributed by atoms with Crippen LogP contribution in [0.3, 0.4) is 0 Å². The van der Waals surface area contributed by atoms with E-state index in [1.54, 1.807) is 18.2 Å². The lowest BCUT2D eigenvalue weighted by molar-refractivity contribution is 0.424. The molecule has 0 aliphatic carbocycles. The number of nitrogen functional groups attached to an aromatic ring is 1. The van der Waals surface area contributed by atoms with E-state index in [0.717, 1.165) is 5.56 Å². The second kappa shape index (κ2) is 5.76. The molecule has 0 saturated heterocycles. The Morgan fingerprint density at radius 2 is 1.90 bits per heavy atom. The highest BCUT2D eigenvalue weighted by Gasteiger charge is 2.13. The summed E-state index contributed by atoms with van der Waals surface area (Å²) in [6.45, 7) is 0. The van der Waals surface area contributed by atoms with E-state index in [4.69, 9.17) is 33.5 Å². The van der Waals surface area contributed by atoms with Crippen LogP contribution in [0.4, 0.5) is 5.69 Å². The molecule has 2 aromatic carbocycles. The molecule has 0 spiro atoms. The second-order valence-electron chi connectivity index (χ2n) is 4.52. The molecule has 106 valence electrons. The van der Waals surface area contributed by atoms with Crippen molar-refractivity contribution in [3.63, 3.8) is 0 Å². The molecule has 0 radical (unpaired) electrons. The fourth-order valence-corrected chi connectivity index (χ4v) is 2.34. The van der Waals surface area contributed by atoms with Gasteiger partial charge in [-0.3, -0.25) is 0 Å². The molecule has 21 heavy (non-hydrogen) atoms. The standard InChI is InChI=1S/C15H11Cl2N3O/c16-10-5-6-13(18)11(8-10)15-19-14(20-21-15)7-9-3-1-2-4-12(9)17/h1-6,8H,7,18H2. The smallest absolute Gasteiger partial charge is 0.260 e. The van der Waals surface area contributed by atoms with Crippen LogP contribution >= 0.6 is 23.2 Å². The fraction of sp³-hybridized carbons (Fsp3) is 0.0667. The molecule has 0 atom stereocenters. The van der Waals surface area contributed by atoms with E-state index < -0.39 is 0 Å². The number of benzene rings is 2. The monoisotopic (exact) mass is 319 g/mol. The first-order chi connectivity index (χ1) is 10.1. The van der Waals surface area contributed by atoms with Crippen LogP contribution in [0.2, 0.25) is 10.0 Å². The molecule has 0 amide bonds. The van der Waals surface area contributed by atoms with Gasteiger partial charge in [0.25, 0.3) is 5.89 Å². The maximum Gasteiger partial charge on any atom is 0.260 e. The van der Waals surface area contributed by atoms with Crippen molar-refractivity contribution in [2.24, 2.45) is 0 Å². The first-order valence-electron chi connectivity index (χ1n) is 6.25. The maximum absolute atomic E-state index is 6.12. The SMILES string of the molecule is Nc1ccc(Cl)cc1-c1nc(Cc2ccccc2Cl)no1. The average molecular weight is 320 g/mol. The van der Waals surface area contributed by atoms with Gasteiger partial charge in [-0.15, -0.1) is 0 Å². The Morgan fingerprint density at radius 1 is 1.10 bits per heavy atom. The van der Waals surface area contributed by atoms with Gasteiger partial charge in [0.05, 0.1) is 5.56 Å². The van der Waals surface area contributed by atoms with Gasteiger partial charge < -0.3 is 10.3 Å². The van der Waals surface area contributed by atoms with Crippen LogP contribution in [-0.2, 0) is 6.42 Å². The Balaban J connectivity index is 1.90. The van der Waals surface area contributed by atoms with Gasteiger partial charge in [-0.25, -0.2) is 0 Å². The summed E-state index contributed by atoms with van der Waals surface area (Å²) in [6, 6.07) is 12.6. The van der Waals surface area contributed by atoms with Gasteiger partial charge in [0.1, 0.15) is 0 Å². The van der Waals surface area contributed by atoms with Crippen molar-refractivity contribution < 1.29 is 4.52 Å². The van der Waals surface area contributed by atoms with Crippen molar-refractivity contribution in [1.82, 2.24) is 10.1 Å². The number of hydrogen-bond acceptors (Lipinski definition) is 4. The molecule has 0 aliphatic heterocycles. The van der Waals surface area contributed by atoms with Crippen LogP contribution in [0.15, 0.2) is 47.0 Å². The summed E-state index contributed by atoms with van der Waals surface area (Å²) < 4.78 is 5.26. The van der Waals surface area contributed by atoms with E-state index in [0.29, 0.717) is 39.4 Å². The third-order valence-electron chi connectivity index (χ3n) is 3.02. The molecule has 3 rings (SSSR count). The van der Waals surface area contributed by atoms with E-state index in [2.05, 4.69) is 10.1 Å². The molecule has 0 unspecified atom stereocenters. The Bertz CT molecular complexity index is 786. The molecule has 3 aromatic rings. The van der Waals surface area contributed by atoms with Crippen molar-refractivity contribution in [3.8, 4) is 11.5 Å². The Morgan fingerprint density at radius 3 is 2.71 bits per heavy atom. The molecule has 0 fully saturated rings. The summed E-state index contributed by atoms with van der Waals surface area (Å²) >= 11 is 12.1. The highest BCUT2D eigenvalue weighted by atomic mass is 35.5. The third kappa shape index (κ3) is 3.01. The van der Waals surface area contributed by atoms with Gasteiger partial charge >= 0.3 is 0 Å². The fourth-order valence-electron chi connectivity index (χ4n) is 1.96. The van der Waals surface area contributed by atoms with Crippen molar-refractivity contribution in [3.05, 3.63) is 63.9 Å². The summed E-state index contributed by atoms with van der Waals surface area (Å²) in [6.07, 6.45) is 0.490. The lowest BCUT2D eigenvalue weighted by atomic mass is 10.1. The largest absolute Gasteiger partial charge is 0.398 e. The van der Waals surface area contributed by atoms with Gasteiger partial charge in [-0.1, -0.05) is 46.6 Å². The number of anilines is 1. The van der Waals surface area contributed by atoms with E-state index in [9.17, 15) is 0 Å². The Labute approximate surface area is 131 Å². The number of hydrogen-bond donors (Lipinski definition) is 1. The summed E-state index contributed by atoms with van der Waals surface area (Å²) in [5.41, 5.74) is 8.00. The molecule has 1 heterocycles. The van der Waals surface area contributed by atoms with Gasteiger partial charge in [0, 0.05) is 22.2 Å². The van der Waals surface area contributed by atoms with Gasteiger partial charge in [-0.05, 0) is 29.8 Å².